The first-order chi connectivity index (χ1) is 22.6. The molecule has 3 aliphatic rings. The predicted molar refractivity (Wildman–Crippen MR) is 180 cm³/mol. The van der Waals surface area contributed by atoms with Gasteiger partial charge in [-0.1, -0.05) is 0 Å². The van der Waals surface area contributed by atoms with E-state index < -0.39 is 5.82 Å². The van der Waals surface area contributed by atoms with Gasteiger partial charge >= 0.3 is 0 Å². The van der Waals surface area contributed by atoms with Crippen LogP contribution >= 0.6 is 0 Å². The molecule has 1 aliphatic carbocycles. The van der Waals surface area contributed by atoms with Crippen LogP contribution in [0, 0.1) is 11.2 Å². The Bertz CT molecular complexity index is 1550. The van der Waals surface area contributed by atoms with Gasteiger partial charge in [0.15, 0.2) is 11.6 Å². The van der Waals surface area contributed by atoms with Gasteiger partial charge in [-0.15, -0.1) is 0 Å². The second-order valence-electron chi connectivity index (χ2n) is 13.9. The second-order valence-corrected chi connectivity index (χ2v) is 13.9. The van der Waals surface area contributed by atoms with Crippen LogP contribution in [0.15, 0.2) is 43.0 Å². The number of benzene rings is 1. The summed E-state index contributed by atoms with van der Waals surface area (Å²) in [5.41, 5.74) is 2.78. The first kappa shape index (κ1) is 33.1. The summed E-state index contributed by atoms with van der Waals surface area (Å²) in [5, 5.41) is 0. The van der Waals surface area contributed by atoms with Gasteiger partial charge in [-0.25, -0.2) is 14.4 Å². The number of anilines is 1. The van der Waals surface area contributed by atoms with Crippen molar-refractivity contribution in [2.24, 2.45) is 5.41 Å². The van der Waals surface area contributed by atoms with E-state index in [0.29, 0.717) is 18.1 Å². The van der Waals surface area contributed by atoms with Gasteiger partial charge in [0, 0.05) is 68.1 Å². The highest BCUT2D eigenvalue weighted by molar-refractivity contribution is 5.97. The number of hydrogen-bond donors (Lipinski definition) is 0. The fourth-order valence-corrected chi connectivity index (χ4v) is 7.27. The SMILES string of the molecule is CCN(C(=O)c1cc(F)ccc1Oc1cncnc1N1CC2(CC(Oc3ccnc4c3CN(CCCCN(C)C)CC4)C2)C1)C(C)C. The van der Waals surface area contributed by atoms with Crippen LogP contribution in [0.1, 0.15) is 68.1 Å². The van der Waals surface area contributed by atoms with E-state index in [1.54, 1.807) is 11.1 Å². The standard InChI is InChI=1S/C36H48FN7O3/c1-6-44(25(2)3)35(45)28-17-26(37)9-10-31(28)47-33-20-38-24-40-34(33)43-22-36(23-43)18-27(19-36)46-32-11-13-39-30-12-16-42(21-29(30)32)15-8-7-14-41(4)5/h9-11,13,17,20,24-25,27H,6-8,12,14-16,18-19,21-23H2,1-5H3. The van der Waals surface area contributed by atoms with Crippen LogP contribution in [0.5, 0.6) is 17.2 Å². The van der Waals surface area contributed by atoms with Gasteiger partial charge in [0.25, 0.3) is 5.91 Å². The molecule has 11 heteroatoms. The van der Waals surface area contributed by atoms with E-state index in [0.717, 1.165) is 64.3 Å². The van der Waals surface area contributed by atoms with Crippen molar-refractivity contribution >= 4 is 11.7 Å². The van der Waals surface area contributed by atoms with Crippen LogP contribution in [0.3, 0.4) is 0 Å². The molecule has 0 bridgehead atoms. The van der Waals surface area contributed by atoms with Gasteiger partial charge in [-0.3, -0.25) is 14.7 Å². The molecular formula is C36H48FN7O3. The number of hydrogen-bond acceptors (Lipinski definition) is 9. The van der Waals surface area contributed by atoms with Crippen molar-refractivity contribution in [1.82, 2.24) is 29.7 Å². The predicted octanol–water partition coefficient (Wildman–Crippen LogP) is 5.42. The van der Waals surface area contributed by atoms with Crippen molar-refractivity contribution in [2.45, 2.75) is 71.6 Å². The maximum atomic E-state index is 14.3. The molecule has 4 heterocycles. The zero-order valence-electron chi connectivity index (χ0n) is 28.4. The highest BCUT2D eigenvalue weighted by Gasteiger charge is 2.54. The van der Waals surface area contributed by atoms with Gasteiger partial charge in [-0.2, -0.15) is 0 Å². The second kappa shape index (κ2) is 14.1. The van der Waals surface area contributed by atoms with Crippen LogP contribution in [0.2, 0.25) is 0 Å². The van der Waals surface area contributed by atoms with Gasteiger partial charge in [0.2, 0.25) is 0 Å². The minimum absolute atomic E-state index is 0.0338. The fourth-order valence-electron chi connectivity index (χ4n) is 7.27. The van der Waals surface area contributed by atoms with E-state index in [1.165, 1.54) is 48.6 Å². The number of carbonyl (C=O) groups excluding carboxylic acids is 1. The third-order valence-corrected chi connectivity index (χ3v) is 9.72. The molecule has 1 amide bonds. The number of ether oxygens (including phenoxy) is 2. The van der Waals surface area contributed by atoms with Crippen molar-refractivity contribution in [1.29, 1.82) is 0 Å². The minimum atomic E-state index is -0.489. The minimum Gasteiger partial charge on any atom is -0.490 e. The lowest BCUT2D eigenvalue weighted by atomic mass is 9.61. The van der Waals surface area contributed by atoms with Crippen LogP contribution < -0.4 is 14.4 Å². The van der Waals surface area contributed by atoms with E-state index in [-0.39, 0.29) is 34.8 Å². The lowest BCUT2D eigenvalue weighted by molar-refractivity contribution is -0.0352. The molecule has 1 saturated carbocycles. The number of unbranched alkanes of at least 4 members (excludes halogenated alkanes) is 1. The van der Waals surface area contributed by atoms with Gasteiger partial charge < -0.3 is 24.2 Å². The fraction of sp³-hybridized carbons (Fsp3) is 0.556. The summed E-state index contributed by atoms with van der Waals surface area (Å²) < 4.78 is 27.2. The molecule has 0 N–H and O–H groups in total. The van der Waals surface area contributed by atoms with Crippen LogP contribution in [-0.4, -0.2) is 101 Å². The molecule has 0 radical (unpaired) electrons. The summed E-state index contributed by atoms with van der Waals surface area (Å²) in [6.45, 7) is 12.1. The average molecular weight is 646 g/mol. The van der Waals surface area contributed by atoms with Crippen molar-refractivity contribution in [3.63, 3.8) is 0 Å². The quantitative estimate of drug-likeness (QED) is 0.226. The van der Waals surface area contributed by atoms with Gasteiger partial charge in [0.1, 0.15) is 29.7 Å². The zero-order valence-corrected chi connectivity index (χ0v) is 28.4. The largest absolute Gasteiger partial charge is 0.490 e. The third-order valence-electron chi connectivity index (χ3n) is 9.72. The summed E-state index contributed by atoms with van der Waals surface area (Å²) >= 11 is 0. The molecule has 10 nitrogen and oxygen atoms in total. The Morgan fingerprint density at radius 2 is 1.91 bits per heavy atom. The lowest BCUT2D eigenvalue weighted by Crippen LogP contribution is -2.65. The number of fused-ring (bicyclic) bond motifs is 1. The number of pyridine rings is 1. The number of halogens is 1. The van der Waals surface area contributed by atoms with Crippen molar-refractivity contribution in [3.05, 3.63) is 65.6 Å². The van der Waals surface area contributed by atoms with E-state index in [1.807, 2.05) is 33.0 Å². The van der Waals surface area contributed by atoms with Crippen LogP contribution in [0.25, 0.3) is 0 Å². The summed E-state index contributed by atoms with van der Waals surface area (Å²) in [7, 11) is 4.26. The Morgan fingerprint density at radius 1 is 1.11 bits per heavy atom. The van der Waals surface area contributed by atoms with Crippen molar-refractivity contribution < 1.29 is 18.7 Å². The molecule has 2 aliphatic heterocycles. The summed E-state index contributed by atoms with van der Waals surface area (Å²) in [6, 6.07) is 6.04. The molecule has 0 atom stereocenters. The summed E-state index contributed by atoms with van der Waals surface area (Å²) in [5.74, 6) is 1.62. The Balaban J connectivity index is 1.06. The monoisotopic (exact) mass is 645 g/mol. The van der Waals surface area contributed by atoms with E-state index in [4.69, 9.17) is 9.47 Å². The first-order valence-corrected chi connectivity index (χ1v) is 17.0. The number of aromatic nitrogens is 3. The lowest BCUT2D eigenvalue weighted by Gasteiger charge is -2.59. The molecule has 3 aromatic rings. The number of amides is 1. The Kier molecular flexibility index (Phi) is 9.93. The number of rotatable bonds is 13. The maximum Gasteiger partial charge on any atom is 0.257 e. The molecular weight excluding hydrogens is 597 g/mol. The van der Waals surface area contributed by atoms with E-state index >= 15 is 0 Å². The summed E-state index contributed by atoms with van der Waals surface area (Å²) in [6.07, 6.45) is 10.5. The van der Waals surface area contributed by atoms with Gasteiger partial charge in [0.05, 0.1) is 11.8 Å². The Hall–Kier alpha value is -3.83. The van der Waals surface area contributed by atoms with Crippen LogP contribution in [-0.2, 0) is 13.0 Å². The van der Waals surface area contributed by atoms with E-state index in [9.17, 15) is 9.18 Å². The molecule has 6 rings (SSSR count). The third kappa shape index (κ3) is 7.36. The normalized spacial score (nSPS) is 17.4. The molecule has 1 spiro atoms. The van der Waals surface area contributed by atoms with Gasteiger partial charge in [-0.05, 0) is 97.9 Å². The topological polar surface area (TPSA) is 87.2 Å². The molecule has 1 aromatic carbocycles. The maximum absolute atomic E-state index is 14.3. The smallest absolute Gasteiger partial charge is 0.257 e. The molecule has 2 aromatic heterocycles. The molecule has 252 valence electrons. The van der Waals surface area contributed by atoms with E-state index in [2.05, 4.69) is 43.7 Å². The molecule has 47 heavy (non-hydrogen) atoms. The highest BCUT2D eigenvalue weighted by atomic mass is 19.1. The van der Waals surface area contributed by atoms with Crippen molar-refractivity contribution in [2.75, 3.05) is 58.3 Å². The zero-order chi connectivity index (χ0) is 33.1. The highest BCUT2D eigenvalue weighted by Crippen LogP contribution is 2.52. The van der Waals surface area contributed by atoms with Crippen LogP contribution in [0.4, 0.5) is 10.2 Å². The molecule has 1 saturated heterocycles. The summed E-state index contributed by atoms with van der Waals surface area (Å²) in [4.78, 5) is 35.4. The molecule has 2 fully saturated rings. The number of carbonyl (C=O) groups is 1. The molecule has 0 unspecified atom stereocenters. The van der Waals surface area contributed by atoms with Crippen molar-refractivity contribution in [3.8, 4) is 17.2 Å². The number of nitrogens with zero attached hydrogens (tertiary/aromatic N) is 7. The Labute approximate surface area is 277 Å². The Morgan fingerprint density at radius 3 is 2.66 bits per heavy atom. The first-order valence-electron chi connectivity index (χ1n) is 17.0. The average Bonchev–Trinajstić information content (AvgIpc) is 3.01.